The van der Waals surface area contributed by atoms with Crippen molar-refractivity contribution in [3.8, 4) is 0 Å². The summed E-state index contributed by atoms with van der Waals surface area (Å²) in [6.07, 6.45) is 1.90. The second kappa shape index (κ2) is 8.83. The SMILES string of the molecule is C=CCCN1C(=O)C2C(c3ccccc3C)NC(Cc3ccc([N+](=O)[O-])cc3)(C(=O)O)C2C1=O. The van der Waals surface area contributed by atoms with Gasteiger partial charge in [0.25, 0.3) is 5.69 Å². The highest BCUT2D eigenvalue weighted by atomic mass is 16.6. The van der Waals surface area contributed by atoms with Gasteiger partial charge >= 0.3 is 5.97 Å². The van der Waals surface area contributed by atoms with E-state index < -0.39 is 46.1 Å². The van der Waals surface area contributed by atoms with E-state index >= 15 is 0 Å². The molecule has 4 atom stereocenters. The molecule has 2 aromatic rings. The number of carbonyl (C=O) groups excluding carboxylic acids is 2. The number of hydrogen-bond acceptors (Lipinski definition) is 6. The van der Waals surface area contributed by atoms with E-state index in [0.717, 1.165) is 16.0 Å². The Hall–Kier alpha value is -3.85. The highest BCUT2D eigenvalue weighted by molar-refractivity contribution is 6.09. The molecule has 0 spiro atoms. The van der Waals surface area contributed by atoms with Crippen LogP contribution in [-0.2, 0) is 20.8 Å². The van der Waals surface area contributed by atoms with Crippen molar-refractivity contribution in [2.45, 2.75) is 31.3 Å². The van der Waals surface area contributed by atoms with Crippen LogP contribution in [0.4, 0.5) is 5.69 Å². The molecule has 2 N–H and O–H groups in total. The van der Waals surface area contributed by atoms with Crippen LogP contribution in [0.25, 0.3) is 0 Å². The number of amides is 2. The number of rotatable bonds is 8. The van der Waals surface area contributed by atoms with E-state index in [4.69, 9.17) is 0 Å². The summed E-state index contributed by atoms with van der Waals surface area (Å²) in [5, 5.41) is 24.6. The summed E-state index contributed by atoms with van der Waals surface area (Å²) in [5.41, 5.74) is 0.264. The highest BCUT2D eigenvalue weighted by Gasteiger charge is 2.68. The van der Waals surface area contributed by atoms with Crippen molar-refractivity contribution in [1.82, 2.24) is 10.2 Å². The highest BCUT2D eigenvalue weighted by Crippen LogP contribution is 2.50. The second-order valence-electron chi connectivity index (χ2n) is 8.76. The third-order valence-corrected chi connectivity index (χ3v) is 6.84. The fraction of sp³-hybridized carbons (Fsp3) is 0.320. The van der Waals surface area contributed by atoms with E-state index in [-0.39, 0.29) is 18.7 Å². The number of imide groups is 1. The Morgan fingerprint density at radius 3 is 2.47 bits per heavy atom. The lowest BCUT2D eigenvalue weighted by Gasteiger charge is -2.31. The summed E-state index contributed by atoms with van der Waals surface area (Å²) >= 11 is 0. The number of carbonyl (C=O) groups is 3. The lowest BCUT2D eigenvalue weighted by atomic mass is 9.76. The normalized spacial score (nSPS) is 25.9. The molecule has 2 fully saturated rings. The van der Waals surface area contributed by atoms with Crippen molar-refractivity contribution in [2.24, 2.45) is 11.8 Å². The molecule has 9 nitrogen and oxygen atoms in total. The number of hydrogen-bond donors (Lipinski definition) is 2. The predicted octanol–water partition coefficient (Wildman–Crippen LogP) is 2.79. The van der Waals surface area contributed by atoms with Gasteiger partial charge in [0.1, 0.15) is 5.54 Å². The number of nitro groups is 1. The lowest BCUT2D eigenvalue weighted by molar-refractivity contribution is -0.384. The van der Waals surface area contributed by atoms with Crippen LogP contribution < -0.4 is 5.32 Å². The number of benzene rings is 2. The van der Waals surface area contributed by atoms with Gasteiger partial charge in [-0.1, -0.05) is 42.5 Å². The van der Waals surface area contributed by atoms with Gasteiger partial charge in [-0.25, -0.2) is 0 Å². The van der Waals surface area contributed by atoms with Gasteiger partial charge < -0.3 is 5.11 Å². The summed E-state index contributed by atoms with van der Waals surface area (Å²) in [4.78, 5) is 51.4. The second-order valence-corrected chi connectivity index (χ2v) is 8.76. The zero-order chi connectivity index (χ0) is 24.6. The molecule has 0 aromatic heterocycles. The van der Waals surface area contributed by atoms with Crippen LogP contribution in [0, 0.1) is 28.9 Å². The maximum atomic E-state index is 13.5. The van der Waals surface area contributed by atoms with Crippen molar-refractivity contribution in [1.29, 1.82) is 0 Å². The number of nitrogens with one attached hydrogen (secondary N) is 1. The maximum Gasteiger partial charge on any atom is 0.325 e. The first kappa shape index (κ1) is 23.3. The molecular weight excluding hydrogens is 438 g/mol. The van der Waals surface area contributed by atoms with Crippen molar-refractivity contribution < 1.29 is 24.4 Å². The van der Waals surface area contributed by atoms with Gasteiger partial charge in [-0.15, -0.1) is 6.58 Å². The van der Waals surface area contributed by atoms with E-state index in [2.05, 4.69) is 11.9 Å². The number of fused-ring (bicyclic) bond motifs is 1. The first-order valence-corrected chi connectivity index (χ1v) is 11.0. The van der Waals surface area contributed by atoms with E-state index in [1.165, 1.54) is 24.3 Å². The number of aliphatic carboxylic acids is 1. The van der Waals surface area contributed by atoms with E-state index in [1.54, 1.807) is 6.08 Å². The number of likely N-dealkylation sites (tertiary alicyclic amines) is 1. The van der Waals surface area contributed by atoms with Gasteiger partial charge in [0.2, 0.25) is 11.8 Å². The summed E-state index contributed by atoms with van der Waals surface area (Å²) in [6.45, 7) is 5.66. The van der Waals surface area contributed by atoms with Crippen LogP contribution in [0.1, 0.15) is 29.2 Å². The molecule has 2 aromatic carbocycles. The molecule has 4 rings (SSSR count). The minimum Gasteiger partial charge on any atom is -0.480 e. The van der Waals surface area contributed by atoms with Crippen LogP contribution in [0.15, 0.2) is 61.2 Å². The molecule has 2 saturated heterocycles. The third-order valence-electron chi connectivity index (χ3n) is 6.84. The number of non-ortho nitro benzene ring substituents is 1. The van der Waals surface area contributed by atoms with Gasteiger partial charge in [-0.05, 0) is 30.0 Å². The Bertz CT molecular complexity index is 1180. The van der Waals surface area contributed by atoms with Crippen molar-refractivity contribution >= 4 is 23.5 Å². The molecule has 0 aliphatic carbocycles. The van der Waals surface area contributed by atoms with Gasteiger partial charge in [0.15, 0.2) is 0 Å². The van der Waals surface area contributed by atoms with E-state index in [1.807, 2.05) is 31.2 Å². The van der Waals surface area contributed by atoms with E-state index in [0.29, 0.717) is 12.0 Å². The predicted molar refractivity (Wildman–Crippen MR) is 123 cm³/mol. The van der Waals surface area contributed by atoms with Crippen LogP contribution in [0.3, 0.4) is 0 Å². The smallest absolute Gasteiger partial charge is 0.325 e. The first-order valence-electron chi connectivity index (χ1n) is 11.0. The average Bonchev–Trinajstić information content (AvgIpc) is 3.27. The molecule has 2 heterocycles. The Labute approximate surface area is 196 Å². The fourth-order valence-electron chi connectivity index (χ4n) is 5.20. The Morgan fingerprint density at radius 1 is 1.21 bits per heavy atom. The molecule has 0 radical (unpaired) electrons. The minimum absolute atomic E-state index is 0.113. The zero-order valence-corrected chi connectivity index (χ0v) is 18.6. The van der Waals surface area contributed by atoms with E-state index in [9.17, 15) is 29.6 Å². The molecule has 0 bridgehead atoms. The summed E-state index contributed by atoms with van der Waals surface area (Å²) < 4.78 is 0. The molecule has 176 valence electrons. The number of carboxylic acid groups (broad SMARTS) is 1. The number of carboxylic acids is 1. The Kier molecular flexibility index (Phi) is 6.05. The Balaban J connectivity index is 1.82. The largest absolute Gasteiger partial charge is 0.480 e. The third kappa shape index (κ3) is 3.67. The van der Waals surface area contributed by atoms with Crippen LogP contribution in [0.5, 0.6) is 0 Å². The van der Waals surface area contributed by atoms with Crippen LogP contribution in [0.2, 0.25) is 0 Å². The van der Waals surface area contributed by atoms with Gasteiger partial charge in [0.05, 0.1) is 16.8 Å². The summed E-state index contributed by atoms with van der Waals surface area (Å²) in [6, 6.07) is 12.3. The topological polar surface area (TPSA) is 130 Å². The van der Waals surface area contributed by atoms with Gasteiger partial charge in [-0.2, -0.15) is 0 Å². The molecule has 2 aliphatic heterocycles. The van der Waals surface area contributed by atoms with Crippen molar-refractivity contribution in [3.63, 3.8) is 0 Å². The molecule has 9 heteroatoms. The summed E-state index contributed by atoms with van der Waals surface area (Å²) in [5.74, 6) is -4.17. The summed E-state index contributed by atoms with van der Waals surface area (Å²) in [7, 11) is 0. The molecule has 34 heavy (non-hydrogen) atoms. The van der Waals surface area contributed by atoms with Crippen molar-refractivity contribution in [2.75, 3.05) is 6.54 Å². The number of nitro benzene ring substituents is 1. The average molecular weight is 463 g/mol. The van der Waals surface area contributed by atoms with Crippen LogP contribution >= 0.6 is 0 Å². The molecule has 0 saturated carbocycles. The van der Waals surface area contributed by atoms with Gasteiger partial charge in [0, 0.05) is 31.1 Å². The van der Waals surface area contributed by atoms with Crippen molar-refractivity contribution in [3.05, 3.63) is 88.0 Å². The maximum absolute atomic E-state index is 13.5. The molecule has 4 unspecified atom stereocenters. The monoisotopic (exact) mass is 463 g/mol. The van der Waals surface area contributed by atoms with Crippen LogP contribution in [-0.4, -0.2) is 44.8 Å². The fourth-order valence-corrected chi connectivity index (χ4v) is 5.20. The zero-order valence-electron chi connectivity index (χ0n) is 18.6. The first-order chi connectivity index (χ1) is 16.2. The molecular formula is C25H25N3O6. The quantitative estimate of drug-likeness (QED) is 0.266. The molecule has 2 aliphatic rings. The Morgan fingerprint density at radius 2 is 1.88 bits per heavy atom. The van der Waals surface area contributed by atoms with Gasteiger partial charge in [-0.3, -0.25) is 34.7 Å². The number of nitrogens with zero attached hydrogens (tertiary/aromatic N) is 2. The minimum atomic E-state index is -1.76. The number of aryl methyl sites for hydroxylation is 1. The lowest BCUT2D eigenvalue weighted by Crippen LogP contribution is -2.57. The standard InChI is InChI=1S/C25H25N3O6/c1-3-4-13-27-22(29)19-20(23(27)30)25(24(31)32,14-16-9-11-17(12-10-16)28(33)34)26-21(19)18-8-6-5-7-15(18)2/h3,5-12,19-21,26H,1,4,13-14H2,2H3,(H,31,32). The molecule has 2 amide bonds.